The molecular weight excluding hydrogens is 1960 g/mol. The number of allylic oxidation sites excluding steroid dienone is 3. The van der Waals surface area contributed by atoms with E-state index in [1.807, 2.05) is 43.4 Å². The molecule has 1 aromatic rings. The van der Waals surface area contributed by atoms with Gasteiger partial charge < -0.3 is 141 Å². The van der Waals surface area contributed by atoms with E-state index in [2.05, 4.69) is 50.4 Å². The van der Waals surface area contributed by atoms with Gasteiger partial charge in [-0.3, -0.25) is 53.4 Å². The minimum absolute atomic E-state index is 0. The van der Waals surface area contributed by atoms with Crippen LogP contribution in [0.2, 0.25) is 0 Å². The second-order valence-corrected chi connectivity index (χ2v) is 37.9. The van der Waals surface area contributed by atoms with E-state index in [4.69, 9.17) is 94.8 Å². The van der Waals surface area contributed by atoms with E-state index in [1.54, 1.807) is 38.7 Å². The van der Waals surface area contributed by atoms with E-state index in [0.29, 0.717) is 115 Å². The molecule has 1 aromatic carbocycles. The van der Waals surface area contributed by atoms with E-state index in [9.17, 15) is 73.8 Å². The second-order valence-electron chi connectivity index (χ2n) is 32.6. The topological polar surface area (TPSA) is 526 Å². The first-order chi connectivity index (χ1) is 65.2. The molecule has 2 aliphatic carbocycles. The quantitative estimate of drug-likeness (QED) is 0.0111. The number of benzene rings is 1. The lowest BCUT2D eigenvalue weighted by Crippen LogP contribution is -2.65. The SMILES string of the molecule is CCN(C(C)=O)[C@H]1CO[C@@H](O[C@H]2[C@H](O[C@H]3C#C/C=C\C#C[C@]4(O)CC(=O)C(NC(=O)OC)=C3C4=CCSSC(C)(C)CCC(=O)NCCNC(=O)CCOCCOCCOCCOCCOCCOCCOCCOCCNC(=O)CCN3C(=O)C=CC3=O)O[C@H](C)[C@@H](NO[C@H]3C[C@H](O)[C@H](SC(=O)c4c(C)c(I)c(O[C@@H]5O[C@@H](C)[C@H](O)[C@@H](CO)[C@H]5O)c(OC)c4OC)[C@@H](C)O3)[C@@H]2O)C[C@@H]1OC.[HH]. The van der Waals surface area contributed by atoms with Crippen molar-refractivity contribution in [3.63, 3.8) is 0 Å². The van der Waals surface area contributed by atoms with Gasteiger partial charge >= 0.3 is 6.09 Å². The number of carbonyl (C=O) groups excluding carboxylic acids is 9. The summed E-state index contributed by atoms with van der Waals surface area (Å²) < 4.78 is 111. The van der Waals surface area contributed by atoms with Crippen molar-refractivity contribution in [2.24, 2.45) is 5.92 Å². The van der Waals surface area contributed by atoms with Gasteiger partial charge in [-0.25, -0.2) is 4.79 Å². The molecule has 5 heterocycles. The number of hydrogen-bond donors (Lipinski definition) is 11. The number of imide groups is 1. The molecule has 136 heavy (non-hydrogen) atoms. The van der Waals surface area contributed by atoms with Crippen LogP contribution in [-0.2, 0) is 114 Å². The lowest BCUT2D eigenvalue weighted by atomic mass is 9.75. The van der Waals surface area contributed by atoms with Crippen molar-refractivity contribution >= 4 is 108 Å². The number of rotatable bonds is 58. The molecule has 8 rings (SSSR count). The number of hydrogen-bond acceptors (Lipinski definition) is 39. The number of ether oxygens (including phenoxy) is 19. The normalized spacial score (nSPS) is 27.2. The number of alkyl carbamates (subject to hydrolysis) is 1. The van der Waals surface area contributed by atoms with Crippen LogP contribution in [0.3, 0.4) is 0 Å². The number of Topliss-reactive ketones (excluding diaryl/α,β-unsaturated/α-hetero) is 1. The molecule has 7 amide bonds. The van der Waals surface area contributed by atoms with Crippen molar-refractivity contribution in [3.05, 3.63) is 61.9 Å². The fraction of sp³-hybridized carbons (Fsp3) is 0.700. The van der Waals surface area contributed by atoms with Crippen LogP contribution < -0.4 is 41.0 Å². The molecule has 0 aromatic heterocycles. The van der Waals surface area contributed by atoms with E-state index in [1.165, 1.54) is 74.1 Å². The Morgan fingerprint density at radius 1 is 0.691 bits per heavy atom. The predicted molar refractivity (Wildman–Crippen MR) is 501 cm³/mol. The lowest BCUT2D eigenvalue weighted by molar-refractivity contribution is -0.337. The number of halogens is 1. The van der Waals surface area contributed by atoms with Crippen molar-refractivity contribution in [1.82, 2.24) is 36.5 Å². The van der Waals surface area contributed by atoms with E-state index >= 15 is 0 Å². The van der Waals surface area contributed by atoms with Crippen molar-refractivity contribution in [1.29, 1.82) is 0 Å². The van der Waals surface area contributed by atoms with E-state index in [0.717, 1.165) is 23.8 Å². The smallest absolute Gasteiger partial charge is 0.411 e. The molecule has 0 radical (unpaired) electrons. The number of thioether (sulfide) groups is 1. The largest absolute Gasteiger partial charge is 0.492 e. The molecule has 0 spiro atoms. The van der Waals surface area contributed by atoms with E-state index < -0.39 is 162 Å². The molecular formula is C90H134IN7O35S3. The third kappa shape index (κ3) is 34.8. The van der Waals surface area contributed by atoms with E-state index in [-0.39, 0.29) is 149 Å². The number of fused-ring (bicyclic) bond motifs is 2. The van der Waals surface area contributed by atoms with Gasteiger partial charge in [-0.2, -0.15) is 5.48 Å². The third-order valence-electron chi connectivity index (χ3n) is 22.6. The maximum Gasteiger partial charge on any atom is 0.411 e. The van der Waals surface area contributed by atoms with Crippen LogP contribution in [0, 0.1) is 40.1 Å². The number of aliphatic hydroxyl groups excluding tert-OH is 5. The summed E-state index contributed by atoms with van der Waals surface area (Å²) in [5.41, 5.74) is 0.645. The first-order valence-corrected chi connectivity index (χ1v) is 49.3. The highest BCUT2D eigenvalue weighted by molar-refractivity contribution is 14.1. The monoisotopic (exact) mass is 2100 g/mol. The van der Waals surface area contributed by atoms with Crippen LogP contribution in [0.15, 0.2) is 47.2 Å². The lowest BCUT2D eigenvalue weighted by Gasteiger charge is -2.47. The Hall–Kier alpha value is -6.81. The van der Waals surface area contributed by atoms with Crippen LogP contribution in [0.1, 0.15) is 111 Å². The molecule has 2 bridgehead atoms. The summed E-state index contributed by atoms with van der Waals surface area (Å²) in [7, 11) is 8.04. The van der Waals surface area contributed by atoms with Gasteiger partial charge in [0.1, 0.15) is 24.4 Å². The molecule has 4 fully saturated rings. The highest BCUT2D eigenvalue weighted by Crippen LogP contribution is 2.50. The van der Waals surface area contributed by atoms with Crippen molar-refractivity contribution in [3.8, 4) is 40.9 Å². The molecule has 46 heteroatoms. The molecule has 0 unspecified atom stereocenters. The maximum atomic E-state index is 14.6. The Morgan fingerprint density at radius 2 is 1.26 bits per heavy atom. The van der Waals surface area contributed by atoms with Crippen molar-refractivity contribution in [2.75, 3.05) is 186 Å². The summed E-state index contributed by atoms with van der Waals surface area (Å²) in [6, 6.07) is -1.76. The molecule has 4 saturated heterocycles. The van der Waals surface area contributed by atoms with Gasteiger partial charge in [-0.05, 0) is 95.2 Å². The van der Waals surface area contributed by atoms with Gasteiger partial charge in [-0.1, -0.05) is 63.1 Å². The Kier molecular flexibility index (Phi) is 49.8. The average molecular weight is 2100 g/mol. The number of likely N-dealkylation sites (N-methyl/N-ethyl adjacent to an activating group) is 1. The standard InChI is InChI=1S/C90H132IN7O35S3.H2/c1-13-97(57(6)100)60-52-126-70(49-64(60)114-9)131-82-79(110)75(96-133-71-48-61(101)84(56(5)127-71)135-85(111)72-53(2)74(91)81(83(116-11)80(72)115-10)132-86-78(109)58(51-99)77(108)55(4)129-86)54(3)128-87(82)130-63-18-16-14-15-17-25-90(113)50-62(102)76(95-88(112)117-12)73(63)59(90)24-47-134-136-89(7,8)26-21-65(103)92-27-28-93-67(105)23-31-118-33-35-120-37-39-122-41-43-124-45-46-125-44-42-123-40-38-121-36-34-119-32-29-94-66(104)22-30-98-68(106)19-20-69(98)107;/h14-15,19-20,24,54-56,58,60-61,63-64,70-71,75,77-79,82,84,86-87,96,99,101,108-110,113H,13,21-23,26-52H2,1-12H3,(H,92,103)(H,93,105)(H,94,104)(H,95,112);1H/b15-14-,59-24?;/t54-,55+,56-,58-,60+,61+,63+,64+,70+,71+,75-,77+,78-,79+,82-,84-,86+,87+,90+;/m1./s1. The molecule has 764 valence electrons. The summed E-state index contributed by atoms with van der Waals surface area (Å²) in [5.74, 6) is 8.02. The fourth-order valence-electron chi connectivity index (χ4n) is 15.2. The summed E-state index contributed by atoms with van der Waals surface area (Å²) in [6.07, 6.45) is -12.1. The minimum atomic E-state index is -2.23. The van der Waals surface area contributed by atoms with Crippen LogP contribution in [0.5, 0.6) is 17.2 Å². The predicted octanol–water partition coefficient (Wildman–Crippen LogP) is 1.76. The molecule has 7 aliphatic rings. The number of amides is 7. The third-order valence-corrected chi connectivity index (χ3v) is 28.4. The van der Waals surface area contributed by atoms with Gasteiger partial charge in [0.15, 0.2) is 41.8 Å². The Labute approximate surface area is 819 Å². The van der Waals surface area contributed by atoms with Gasteiger partial charge in [0.05, 0.1) is 215 Å². The first kappa shape index (κ1) is 114. The Bertz CT molecular complexity index is 4320. The summed E-state index contributed by atoms with van der Waals surface area (Å²) in [4.78, 5) is 125. The molecule has 0 saturated carbocycles. The second kappa shape index (κ2) is 59.2. The highest BCUT2D eigenvalue weighted by Gasteiger charge is 2.53. The number of carbonyl (C=O) groups is 9. The Morgan fingerprint density at radius 3 is 1.84 bits per heavy atom. The molecule has 11 N–H and O–H groups in total. The molecule has 19 atom stereocenters. The summed E-state index contributed by atoms with van der Waals surface area (Å²) in [5, 5.41) is 78.6. The summed E-state index contributed by atoms with van der Waals surface area (Å²) >= 11 is 2.74. The Balaban J connectivity index is 0.0000256. The zero-order valence-corrected chi connectivity index (χ0v) is 83.3. The van der Waals surface area contributed by atoms with Crippen LogP contribution in [0.4, 0.5) is 4.79 Å². The van der Waals surface area contributed by atoms with Gasteiger partial charge in [0.25, 0.3) is 11.8 Å². The van der Waals surface area contributed by atoms with Crippen LogP contribution in [-0.4, -0.2) is 393 Å². The zero-order chi connectivity index (χ0) is 99.0. The summed E-state index contributed by atoms with van der Waals surface area (Å²) in [6.45, 7) is 19.5. The van der Waals surface area contributed by atoms with Gasteiger partial charge in [0, 0.05) is 120 Å². The van der Waals surface area contributed by atoms with Crippen LogP contribution >= 0.6 is 55.9 Å². The zero-order valence-electron chi connectivity index (χ0n) is 78.7. The van der Waals surface area contributed by atoms with Gasteiger partial charge in [0.2, 0.25) is 40.8 Å². The molecule has 5 aliphatic heterocycles. The number of aliphatic hydroxyl groups is 6. The number of methoxy groups -OCH3 is 4. The maximum absolute atomic E-state index is 14.6. The highest BCUT2D eigenvalue weighted by atomic mass is 127. The number of nitrogens with one attached hydrogen (secondary N) is 5. The van der Waals surface area contributed by atoms with Gasteiger partial charge in [-0.15, -0.1) is 0 Å². The number of hydroxylamine groups is 1. The number of nitrogens with zero attached hydrogens (tertiary/aromatic N) is 2. The number of ketones is 1. The first-order valence-electron chi connectivity index (χ1n) is 45.0. The van der Waals surface area contributed by atoms with Crippen LogP contribution in [0.25, 0.3) is 0 Å². The molecule has 42 nitrogen and oxygen atoms in total. The van der Waals surface area contributed by atoms with Crippen molar-refractivity contribution < 1.29 is 170 Å². The average Bonchev–Trinajstić information content (AvgIpc) is 1.43. The van der Waals surface area contributed by atoms with Crippen molar-refractivity contribution in [2.45, 2.75) is 214 Å². The fourth-order valence-corrected chi connectivity index (χ4v) is 19.4. The minimum Gasteiger partial charge on any atom is -0.492 e.